The van der Waals surface area contributed by atoms with Crippen LogP contribution in [0.1, 0.15) is 85.7 Å². The van der Waals surface area contributed by atoms with E-state index in [2.05, 4.69) is 57.7 Å². The van der Waals surface area contributed by atoms with E-state index >= 15 is 0 Å². The van der Waals surface area contributed by atoms with Crippen LogP contribution in [-0.4, -0.2) is 78.9 Å². The largest absolute Gasteiger partial charge is 0.368 e. The number of ketones is 1. The molecular formula is C30H40N8O2S. The molecule has 0 atom stereocenters. The van der Waals surface area contributed by atoms with Crippen LogP contribution in [0.3, 0.4) is 0 Å². The van der Waals surface area contributed by atoms with Crippen molar-refractivity contribution in [3.8, 4) is 11.4 Å². The predicted octanol–water partition coefficient (Wildman–Crippen LogP) is 3.82. The summed E-state index contributed by atoms with van der Waals surface area (Å²) in [6, 6.07) is 0.587. The Morgan fingerprint density at radius 2 is 1.78 bits per heavy atom. The first-order valence-corrected chi connectivity index (χ1v) is 15.6. The molecule has 3 N–H and O–H groups in total. The number of hydrogen-bond acceptors (Lipinski definition) is 9. The molecule has 0 saturated carbocycles. The third kappa shape index (κ3) is 5.66. The zero-order valence-electron chi connectivity index (χ0n) is 24.5. The lowest BCUT2D eigenvalue weighted by molar-refractivity contribution is -0.132. The lowest BCUT2D eigenvalue weighted by atomic mass is 9.73. The monoisotopic (exact) mass is 576 g/mol. The van der Waals surface area contributed by atoms with Gasteiger partial charge in [0.15, 0.2) is 5.78 Å². The Morgan fingerprint density at radius 3 is 2.51 bits per heavy atom. The highest BCUT2D eigenvalue weighted by atomic mass is 32.1. The van der Waals surface area contributed by atoms with E-state index < -0.39 is 0 Å². The second-order valence-corrected chi connectivity index (χ2v) is 14.2. The SMILES string of the molecule is CC1(C)CCN(C2CCN(C(=O)Cc3csc(CC(=O)c4[nH]nc5c4C(C)(C)Cc4cnc(N)nc4-5)n3)CC2)CC1. The van der Waals surface area contributed by atoms with Crippen LogP contribution < -0.4 is 5.73 Å². The summed E-state index contributed by atoms with van der Waals surface area (Å²) < 4.78 is 0. The highest BCUT2D eigenvalue weighted by Crippen LogP contribution is 2.43. The van der Waals surface area contributed by atoms with Crippen LogP contribution >= 0.6 is 11.3 Å². The van der Waals surface area contributed by atoms with Crippen molar-refractivity contribution >= 4 is 29.0 Å². The quantitative estimate of drug-likeness (QED) is 0.423. The average Bonchev–Trinajstić information content (AvgIpc) is 3.57. The summed E-state index contributed by atoms with van der Waals surface area (Å²) in [5.74, 6) is 0.231. The summed E-state index contributed by atoms with van der Waals surface area (Å²) in [4.78, 5) is 44.4. The molecule has 1 aliphatic carbocycles. The number of nitrogen functional groups attached to an aromatic ring is 1. The summed E-state index contributed by atoms with van der Waals surface area (Å²) in [6.45, 7) is 12.9. The van der Waals surface area contributed by atoms with E-state index in [0.717, 1.165) is 42.8 Å². The summed E-state index contributed by atoms with van der Waals surface area (Å²) in [5.41, 5.74) is 10.4. The van der Waals surface area contributed by atoms with E-state index in [0.29, 0.717) is 40.0 Å². The molecular weight excluding hydrogens is 536 g/mol. The van der Waals surface area contributed by atoms with Crippen LogP contribution in [0.25, 0.3) is 11.4 Å². The van der Waals surface area contributed by atoms with E-state index in [1.807, 2.05) is 10.3 Å². The second kappa shape index (κ2) is 10.6. The van der Waals surface area contributed by atoms with Crippen molar-refractivity contribution in [1.29, 1.82) is 0 Å². The standard InChI is InChI=1S/C30H40N8O2S/c1-29(2)7-11-37(12-8-29)20-5-9-38(10-6-20)23(40)13-19-17-41-22(33-19)14-21(39)26-24-27(36-35-26)25-18(15-30(24,3)4)16-32-28(31)34-25/h16-17,20H,5-15H2,1-4H3,(H,35,36)(H2,31,32,34). The summed E-state index contributed by atoms with van der Waals surface area (Å²) >= 11 is 1.43. The maximum atomic E-state index is 13.4. The summed E-state index contributed by atoms with van der Waals surface area (Å²) in [7, 11) is 0. The van der Waals surface area contributed by atoms with Crippen molar-refractivity contribution in [2.24, 2.45) is 5.41 Å². The Kier molecular flexibility index (Phi) is 7.22. The highest BCUT2D eigenvalue weighted by molar-refractivity contribution is 7.09. The Balaban J connectivity index is 1.06. The maximum absolute atomic E-state index is 13.4. The minimum atomic E-state index is -0.321. The van der Waals surface area contributed by atoms with E-state index in [-0.39, 0.29) is 35.9 Å². The number of fused-ring (bicyclic) bond motifs is 3. The van der Waals surface area contributed by atoms with Crippen molar-refractivity contribution in [1.82, 2.24) is 34.9 Å². The Labute approximate surface area is 245 Å². The number of likely N-dealkylation sites (tertiary alicyclic amines) is 2. The van der Waals surface area contributed by atoms with Gasteiger partial charge in [-0.05, 0) is 61.6 Å². The zero-order chi connectivity index (χ0) is 28.9. The molecule has 2 aliphatic heterocycles. The number of thiazole rings is 1. The van der Waals surface area contributed by atoms with E-state index in [4.69, 9.17) is 5.73 Å². The lowest BCUT2D eigenvalue weighted by Gasteiger charge is -2.44. The molecule has 1 amide bonds. The van der Waals surface area contributed by atoms with Crippen molar-refractivity contribution in [2.45, 2.75) is 84.1 Å². The topological polar surface area (TPSA) is 134 Å². The molecule has 0 spiro atoms. The van der Waals surface area contributed by atoms with Gasteiger partial charge in [-0.2, -0.15) is 5.10 Å². The Bertz CT molecular complexity index is 1460. The number of nitrogens with two attached hydrogens (primary N) is 1. The molecule has 41 heavy (non-hydrogen) atoms. The number of carbonyl (C=O) groups excluding carboxylic acids is 2. The van der Waals surface area contributed by atoms with E-state index in [1.165, 1.54) is 37.3 Å². The molecule has 218 valence electrons. The molecule has 0 radical (unpaired) electrons. The number of piperidine rings is 2. The fourth-order valence-electron chi connectivity index (χ4n) is 6.67. The van der Waals surface area contributed by atoms with Gasteiger partial charge in [0.05, 0.1) is 24.2 Å². The number of nitrogens with zero attached hydrogens (tertiary/aromatic N) is 6. The van der Waals surface area contributed by atoms with Gasteiger partial charge in [0.2, 0.25) is 11.9 Å². The minimum Gasteiger partial charge on any atom is -0.368 e. The highest BCUT2D eigenvalue weighted by Gasteiger charge is 2.39. The van der Waals surface area contributed by atoms with Crippen LogP contribution in [0.4, 0.5) is 5.95 Å². The first-order valence-electron chi connectivity index (χ1n) is 14.7. The molecule has 2 saturated heterocycles. The number of nitrogens with one attached hydrogen (secondary N) is 1. The number of Topliss-reactive ketones (excluding diaryl/α,β-unsaturated/α-hetero) is 1. The molecule has 0 aromatic carbocycles. The van der Waals surface area contributed by atoms with Gasteiger partial charge in [-0.15, -0.1) is 11.3 Å². The van der Waals surface area contributed by atoms with Crippen LogP contribution in [-0.2, 0) is 29.5 Å². The third-order valence-electron chi connectivity index (χ3n) is 9.19. The number of amides is 1. The molecule has 6 rings (SSSR count). The normalized spacial score (nSPS) is 20.4. The fraction of sp³-hybridized carbons (Fsp3) is 0.600. The lowest BCUT2D eigenvalue weighted by Crippen LogP contribution is -2.50. The molecule has 3 aromatic heterocycles. The van der Waals surface area contributed by atoms with Crippen LogP contribution in [0, 0.1) is 5.41 Å². The molecule has 3 aliphatic rings. The predicted molar refractivity (Wildman–Crippen MR) is 159 cm³/mol. The van der Waals surface area contributed by atoms with Crippen LogP contribution in [0.15, 0.2) is 11.6 Å². The van der Waals surface area contributed by atoms with Gasteiger partial charge in [0.1, 0.15) is 16.4 Å². The molecule has 5 heterocycles. The number of hydrogen-bond donors (Lipinski definition) is 2. The van der Waals surface area contributed by atoms with Crippen LogP contribution in [0.2, 0.25) is 0 Å². The molecule has 0 bridgehead atoms. The molecule has 11 heteroatoms. The van der Waals surface area contributed by atoms with Gasteiger partial charge in [0.25, 0.3) is 0 Å². The van der Waals surface area contributed by atoms with Gasteiger partial charge < -0.3 is 15.5 Å². The molecule has 0 unspecified atom stereocenters. The third-order valence-corrected chi connectivity index (χ3v) is 10.1. The fourth-order valence-corrected chi connectivity index (χ4v) is 7.46. The maximum Gasteiger partial charge on any atom is 0.228 e. The van der Waals surface area contributed by atoms with E-state index in [9.17, 15) is 9.59 Å². The second-order valence-electron chi connectivity index (χ2n) is 13.3. The summed E-state index contributed by atoms with van der Waals surface area (Å²) in [6.07, 6.45) is 7.44. The zero-order valence-corrected chi connectivity index (χ0v) is 25.3. The number of aromatic amines is 1. The van der Waals surface area contributed by atoms with Gasteiger partial charge in [0, 0.05) is 36.3 Å². The van der Waals surface area contributed by atoms with Crippen molar-refractivity contribution in [2.75, 3.05) is 31.9 Å². The first kappa shape index (κ1) is 28.0. The smallest absolute Gasteiger partial charge is 0.228 e. The number of rotatable bonds is 6. The van der Waals surface area contributed by atoms with Gasteiger partial charge in [-0.1, -0.05) is 27.7 Å². The first-order chi connectivity index (χ1) is 19.5. The minimum absolute atomic E-state index is 0.0762. The number of aromatic nitrogens is 5. The van der Waals surface area contributed by atoms with Crippen LogP contribution in [0.5, 0.6) is 0 Å². The van der Waals surface area contributed by atoms with Crippen molar-refractivity contribution < 1.29 is 9.59 Å². The van der Waals surface area contributed by atoms with Crippen molar-refractivity contribution in [3.63, 3.8) is 0 Å². The van der Waals surface area contributed by atoms with Gasteiger partial charge >= 0.3 is 0 Å². The molecule has 2 fully saturated rings. The average molecular weight is 577 g/mol. The van der Waals surface area contributed by atoms with Gasteiger partial charge in [-0.25, -0.2) is 15.0 Å². The number of H-pyrrole nitrogens is 1. The Hall–Kier alpha value is -3.18. The van der Waals surface area contributed by atoms with Crippen molar-refractivity contribution in [3.05, 3.63) is 39.1 Å². The molecule has 3 aromatic rings. The number of carbonyl (C=O) groups is 2. The van der Waals surface area contributed by atoms with E-state index in [1.54, 1.807) is 6.20 Å². The number of anilines is 1. The Morgan fingerprint density at radius 1 is 1.05 bits per heavy atom. The molecule has 10 nitrogen and oxygen atoms in total. The van der Waals surface area contributed by atoms with Gasteiger partial charge in [-0.3, -0.25) is 14.7 Å². The summed E-state index contributed by atoms with van der Waals surface area (Å²) in [5, 5.41) is 10.1.